The van der Waals surface area contributed by atoms with Crippen LogP contribution in [0.25, 0.3) is 5.69 Å². The van der Waals surface area contributed by atoms with Crippen LogP contribution in [0.2, 0.25) is 0 Å². The predicted molar refractivity (Wildman–Crippen MR) is 149 cm³/mol. The molecule has 2 aromatic heterocycles. The van der Waals surface area contributed by atoms with E-state index in [4.69, 9.17) is 12.2 Å². The highest BCUT2D eigenvalue weighted by Gasteiger charge is 2.41. The topological polar surface area (TPSA) is 99.5 Å². The van der Waals surface area contributed by atoms with Gasteiger partial charge in [-0.2, -0.15) is 0 Å². The first-order valence-corrected chi connectivity index (χ1v) is 12.7. The summed E-state index contributed by atoms with van der Waals surface area (Å²) in [6.45, 7) is 2.37. The number of nitrogens with one attached hydrogen (secondary N) is 2. The molecule has 3 heterocycles. The minimum atomic E-state index is -0.989. The minimum absolute atomic E-state index is 0.108. The van der Waals surface area contributed by atoms with Gasteiger partial charge in [0.15, 0.2) is 5.11 Å². The lowest BCUT2D eigenvalue weighted by atomic mass is 10.0. The zero-order chi connectivity index (χ0) is 26.6. The van der Waals surface area contributed by atoms with Crippen LogP contribution in [-0.4, -0.2) is 43.1 Å². The average Bonchev–Trinajstić information content (AvgIpc) is 3.52. The lowest BCUT2D eigenvalue weighted by Gasteiger charge is -2.29. The maximum atomic E-state index is 12.8. The van der Waals surface area contributed by atoms with Crippen LogP contribution in [0.15, 0.2) is 91.3 Å². The Morgan fingerprint density at radius 2 is 1.89 bits per heavy atom. The van der Waals surface area contributed by atoms with Crippen molar-refractivity contribution in [2.45, 2.75) is 25.4 Å². The molecule has 0 spiro atoms. The Labute approximate surface area is 225 Å². The summed E-state index contributed by atoms with van der Waals surface area (Å²) in [6, 6.07) is 23.6. The summed E-state index contributed by atoms with van der Waals surface area (Å²) >= 11 is 5.75. The fraction of sp³-hybridized carbons (Fsp3) is 0.172. The number of anilines is 1. The molecule has 192 valence electrons. The van der Waals surface area contributed by atoms with Crippen LogP contribution in [-0.2, 0) is 4.79 Å². The van der Waals surface area contributed by atoms with E-state index in [1.54, 1.807) is 24.4 Å². The Morgan fingerprint density at radius 1 is 1.05 bits per heavy atom. The molecule has 0 unspecified atom stereocenters. The zero-order valence-corrected chi connectivity index (χ0v) is 21.6. The third kappa shape index (κ3) is 5.28. The highest BCUT2D eigenvalue weighted by atomic mass is 32.1. The van der Waals surface area contributed by atoms with Gasteiger partial charge in [0.25, 0.3) is 0 Å². The van der Waals surface area contributed by atoms with E-state index in [0.29, 0.717) is 11.7 Å². The van der Waals surface area contributed by atoms with Gasteiger partial charge < -0.3 is 25.2 Å². The van der Waals surface area contributed by atoms with Crippen LogP contribution < -0.4 is 10.6 Å². The minimum Gasteiger partial charge on any atom is -0.478 e. The van der Waals surface area contributed by atoms with E-state index in [-0.39, 0.29) is 30.0 Å². The molecule has 4 aromatic rings. The van der Waals surface area contributed by atoms with Crippen molar-refractivity contribution in [1.82, 2.24) is 19.8 Å². The molecular formula is C29H27N5O3S. The molecule has 1 aliphatic heterocycles. The molecule has 1 fully saturated rings. The quantitative estimate of drug-likeness (QED) is 0.282. The largest absolute Gasteiger partial charge is 0.478 e. The summed E-state index contributed by atoms with van der Waals surface area (Å²) in [5, 5.41) is 16.4. The molecule has 3 N–H and O–H groups in total. The van der Waals surface area contributed by atoms with E-state index in [1.165, 1.54) is 0 Å². The van der Waals surface area contributed by atoms with Crippen molar-refractivity contribution < 1.29 is 14.7 Å². The number of aryl methyl sites for hydroxylation is 1. The number of hydrogen-bond donors (Lipinski definition) is 3. The number of amides is 1. The van der Waals surface area contributed by atoms with Crippen molar-refractivity contribution in [2.24, 2.45) is 0 Å². The smallest absolute Gasteiger partial charge is 0.335 e. The number of carbonyl (C=O) groups is 2. The lowest BCUT2D eigenvalue weighted by molar-refractivity contribution is -0.116. The number of carboxylic acids is 1. The third-order valence-electron chi connectivity index (χ3n) is 6.53. The zero-order valence-electron chi connectivity index (χ0n) is 20.7. The second kappa shape index (κ2) is 10.9. The van der Waals surface area contributed by atoms with E-state index in [2.05, 4.69) is 15.6 Å². The molecule has 0 aliphatic carbocycles. The molecule has 2 aromatic carbocycles. The highest BCUT2D eigenvalue weighted by Crippen LogP contribution is 2.39. The summed E-state index contributed by atoms with van der Waals surface area (Å²) in [5.41, 5.74) is 4.46. The number of rotatable bonds is 8. The van der Waals surface area contributed by atoms with Crippen molar-refractivity contribution in [3.8, 4) is 5.69 Å². The van der Waals surface area contributed by atoms with Crippen molar-refractivity contribution in [2.75, 3.05) is 11.9 Å². The Kier molecular flexibility index (Phi) is 7.19. The standard InChI is InChI=1S/C29H27N5O3S/c1-19-7-4-9-21(17-19)31-25(35)13-16-34-27(26(32-29(34)38)23-11-2-3-14-30-23)24-12-6-15-33(24)22-10-5-8-20(18-22)28(36)37/h2-12,14-15,17-18,26-27H,13,16H2,1H3,(H,31,35)(H,32,38)(H,36,37)/t26-,27+/m1/s1. The first-order chi connectivity index (χ1) is 18.4. The van der Waals surface area contributed by atoms with Gasteiger partial charge in [-0.3, -0.25) is 9.78 Å². The van der Waals surface area contributed by atoms with Gasteiger partial charge in [0.1, 0.15) is 0 Å². The lowest BCUT2D eigenvalue weighted by Crippen LogP contribution is -2.33. The van der Waals surface area contributed by atoms with Gasteiger partial charge >= 0.3 is 5.97 Å². The van der Waals surface area contributed by atoms with Crippen LogP contribution in [0.5, 0.6) is 0 Å². The van der Waals surface area contributed by atoms with E-state index in [1.807, 2.05) is 83.3 Å². The number of pyridine rings is 1. The van der Waals surface area contributed by atoms with E-state index >= 15 is 0 Å². The van der Waals surface area contributed by atoms with Crippen LogP contribution in [0.4, 0.5) is 5.69 Å². The number of aromatic carboxylic acids is 1. The van der Waals surface area contributed by atoms with Gasteiger partial charge in [-0.25, -0.2) is 4.79 Å². The first kappa shape index (κ1) is 25.2. The Bertz CT molecular complexity index is 1490. The third-order valence-corrected chi connectivity index (χ3v) is 6.89. The summed E-state index contributed by atoms with van der Waals surface area (Å²) in [6.07, 6.45) is 3.87. The highest BCUT2D eigenvalue weighted by molar-refractivity contribution is 7.80. The summed E-state index contributed by atoms with van der Waals surface area (Å²) in [7, 11) is 0. The van der Waals surface area contributed by atoms with Gasteiger partial charge in [0.05, 0.1) is 23.3 Å². The SMILES string of the molecule is Cc1cccc(NC(=O)CCN2C(=S)N[C@H](c3ccccn3)[C@@H]2c2cccn2-c2cccc(C(=O)O)c2)c1. The number of carboxylic acid groups (broad SMARTS) is 1. The summed E-state index contributed by atoms with van der Waals surface area (Å²) < 4.78 is 1.96. The van der Waals surface area contributed by atoms with E-state index < -0.39 is 5.97 Å². The molecular weight excluding hydrogens is 498 g/mol. The molecule has 2 atom stereocenters. The molecule has 5 rings (SSSR count). The number of aromatic nitrogens is 2. The Morgan fingerprint density at radius 3 is 2.66 bits per heavy atom. The summed E-state index contributed by atoms with van der Waals surface area (Å²) in [4.78, 5) is 31.0. The van der Waals surface area contributed by atoms with Crippen molar-refractivity contribution in [1.29, 1.82) is 0 Å². The van der Waals surface area contributed by atoms with Gasteiger partial charge in [-0.1, -0.05) is 24.3 Å². The predicted octanol–water partition coefficient (Wildman–Crippen LogP) is 4.88. The maximum Gasteiger partial charge on any atom is 0.335 e. The molecule has 8 nitrogen and oxygen atoms in total. The number of carbonyl (C=O) groups excluding carboxylic acids is 1. The molecule has 1 amide bonds. The van der Waals surface area contributed by atoms with E-state index in [9.17, 15) is 14.7 Å². The van der Waals surface area contributed by atoms with Crippen LogP contribution in [0.3, 0.4) is 0 Å². The number of benzene rings is 2. The molecule has 1 aliphatic rings. The normalized spacial score (nSPS) is 16.8. The Hall–Kier alpha value is -4.50. The second-order valence-electron chi connectivity index (χ2n) is 9.15. The fourth-order valence-electron chi connectivity index (χ4n) is 4.80. The fourth-order valence-corrected chi connectivity index (χ4v) is 5.13. The molecule has 38 heavy (non-hydrogen) atoms. The second-order valence-corrected chi connectivity index (χ2v) is 9.53. The molecule has 0 bridgehead atoms. The first-order valence-electron chi connectivity index (χ1n) is 12.3. The van der Waals surface area contributed by atoms with Crippen LogP contribution >= 0.6 is 12.2 Å². The maximum absolute atomic E-state index is 12.8. The number of thiocarbonyl (C=S) groups is 1. The van der Waals surface area contributed by atoms with Crippen LogP contribution in [0.1, 0.15) is 45.8 Å². The van der Waals surface area contributed by atoms with Crippen molar-refractivity contribution in [3.05, 3.63) is 114 Å². The molecule has 9 heteroatoms. The molecule has 1 saturated heterocycles. The van der Waals surface area contributed by atoms with Crippen molar-refractivity contribution >= 4 is 34.9 Å². The number of hydrogen-bond acceptors (Lipinski definition) is 4. The van der Waals surface area contributed by atoms with E-state index in [0.717, 1.165) is 28.3 Å². The van der Waals surface area contributed by atoms with Crippen molar-refractivity contribution in [3.63, 3.8) is 0 Å². The molecule has 0 radical (unpaired) electrons. The van der Waals surface area contributed by atoms with Gasteiger partial charge in [0.2, 0.25) is 5.91 Å². The van der Waals surface area contributed by atoms with Gasteiger partial charge in [0, 0.05) is 42.4 Å². The van der Waals surface area contributed by atoms with Crippen LogP contribution in [0, 0.1) is 6.92 Å². The van der Waals surface area contributed by atoms with Gasteiger partial charge in [-0.05, 0) is 79.3 Å². The van der Waals surface area contributed by atoms with Gasteiger partial charge in [-0.15, -0.1) is 0 Å². The molecule has 0 saturated carbocycles. The summed E-state index contributed by atoms with van der Waals surface area (Å²) in [5.74, 6) is -1.10. The number of nitrogens with zero attached hydrogens (tertiary/aromatic N) is 3. The monoisotopic (exact) mass is 525 g/mol. The average molecular weight is 526 g/mol. The Balaban J connectivity index is 1.46.